The fourth-order valence-electron chi connectivity index (χ4n) is 3.94. The van der Waals surface area contributed by atoms with Crippen LogP contribution in [-0.4, -0.2) is 0 Å². The van der Waals surface area contributed by atoms with E-state index in [1.54, 1.807) is 11.1 Å². The fraction of sp³-hybridized carbons (Fsp3) is 0.429. The normalized spacial score (nSPS) is 21.9. The minimum Gasteiger partial charge on any atom is -0.0622 e. The Bertz CT molecular complexity index is 589. The minimum absolute atomic E-state index is 0.415. The van der Waals surface area contributed by atoms with Gasteiger partial charge in [0.05, 0.1) is 0 Å². The molecule has 0 heterocycles. The third kappa shape index (κ3) is 3.37. The zero-order valence-electron chi connectivity index (χ0n) is 13.5. The molecule has 0 heteroatoms. The predicted molar refractivity (Wildman–Crippen MR) is 90.6 cm³/mol. The average molecular weight is 278 g/mol. The zero-order valence-corrected chi connectivity index (χ0v) is 13.5. The van der Waals surface area contributed by atoms with E-state index in [4.69, 9.17) is 0 Å². The summed E-state index contributed by atoms with van der Waals surface area (Å²) in [5.41, 5.74) is 5.00. The Hall–Kier alpha value is -1.56. The Balaban J connectivity index is 1.95. The molecule has 0 spiro atoms. The second-order valence-corrected chi connectivity index (χ2v) is 7.73. The topological polar surface area (TPSA) is 0 Å². The molecule has 0 saturated carbocycles. The molecule has 1 aliphatic carbocycles. The maximum Gasteiger partial charge on any atom is 0.00948 e. The van der Waals surface area contributed by atoms with Gasteiger partial charge < -0.3 is 0 Å². The number of fused-ring (bicyclic) bond motifs is 1. The van der Waals surface area contributed by atoms with Crippen LogP contribution < -0.4 is 0 Å². The first-order valence-electron chi connectivity index (χ1n) is 8.16. The second-order valence-electron chi connectivity index (χ2n) is 7.73. The maximum absolute atomic E-state index is 2.37. The van der Waals surface area contributed by atoms with E-state index >= 15 is 0 Å². The molecule has 3 rings (SSSR count). The molecular weight excluding hydrogens is 252 g/mol. The van der Waals surface area contributed by atoms with Gasteiger partial charge in [-0.05, 0) is 47.3 Å². The fourth-order valence-corrected chi connectivity index (χ4v) is 3.94. The largest absolute Gasteiger partial charge is 0.0622 e. The lowest BCUT2D eigenvalue weighted by atomic mass is 9.70. The molecule has 0 saturated heterocycles. The molecule has 2 atom stereocenters. The van der Waals surface area contributed by atoms with Gasteiger partial charge in [0.25, 0.3) is 0 Å². The lowest BCUT2D eigenvalue weighted by Gasteiger charge is -2.35. The van der Waals surface area contributed by atoms with Gasteiger partial charge in [-0.3, -0.25) is 0 Å². The number of hydrogen-bond donors (Lipinski definition) is 0. The third-order valence-electron chi connectivity index (χ3n) is 4.61. The van der Waals surface area contributed by atoms with Gasteiger partial charge in [0.15, 0.2) is 0 Å². The van der Waals surface area contributed by atoms with Crippen LogP contribution in [0.4, 0.5) is 0 Å². The van der Waals surface area contributed by atoms with E-state index < -0.39 is 0 Å². The van der Waals surface area contributed by atoms with E-state index in [-0.39, 0.29) is 0 Å². The summed E-state index contributed by atoms with van der Waals surface area (Å²) in [5, 5.41) is 0. The van der Waals surface area contributed by atoms with Gasteiger partial charge in [0.2, 0.25) is 0 Å². The highest BCUT2D eigenvalue weighted by atomic mass is 14.3. The summed E-state index contributed by atoms with van der Waals surface area (Å²) < 4.78 is 0. The van der Waals surface area contributed by atoms with Crippen LogP contribution in [0.5, 0.6) is 0 Å². The van der Waals surface area contributed by atoms with Crippen LogP contribution in [0.1, 0.15) is 56.2 Å². The SMILES string of the molecule is CC(C)(C)CC1Cc2ccccc2C(c2ccccc2)C1. The Morgan fingerprint density at radius 3 is 2.29 bits per heavy atom. The second kappa shape index (κ2) is 5.67. The molecule has 2 aromatic carbocycles. The molecule has 1 aliphatic rings. The molecule has 110 valence electrons. The lowest BCUT2D eigenvalue weighted by molar-refractivity contribution is 0.266. The van der Waals surface area contributed by atoms with Crippen LogP contribution in [0, 0.1) is 11.3 Å². The molecule has 0 amide bonds. The number of benzene rings is 2. The summed E-state index contributed by atoms with van der Waals surface area (Å²) in [4.78, 5) is 0. The van der Waals surface area contributed by atoms with E-state index in [0.717, 1.165) is 5.92 Å². The van der Waals surface area contributed by atoms with Crippen molar-refractivity contribution < 1.29 is 0 Å². The van der Waals surface area contributed by atoms with Crippen LogP contribution in [0.25, 0.3) is 0 Å². The molecule has 0 aromatic heterocycles. The molecular formula is C21H26. The van der Waals surface area contributed by atoms with Crippen molar-refractivity contribution in [2.24, 2.45) is 11.3 Å². The summed E-state index contributed by atoms with van der Waals surface area (Å²) in [7, 11) is 0. The molecule has 0 N–H and O–H groups in total. The van der Waals surface area contributed by atoms with Crippen LogP contribution in [-0.2, 0) is 6.42 Å². The Morgan fingerprint density at radius 1 is 0.905 bits per heavy atom. The van der Waals surface area contributed by atoms with Crippen molar-refractivity contribution in [2.45, 2.75) is 46.0 Å². The van der Waals surface area contributed by atoms with E-state index in [0.29, 0.717) is 11.3 Å². The molecule has 0 nitrogen and oxygen atoms in total. The highest BCUT2D eigenvalue weighted by Gasteiger charge is 2.30. The van der Waals surface area contributed by atoms with Crippen molar-refractivity contribution in [1.29, 1.82) is 0 Å². The van der Waals surface area contributed by atoms with Crippen molar-refractivity contribution in [3.63, 3.8) is 0 Å². The van der Waals surface area contributed by atoms with Crippen molar-refractivity contribution in [3.05, 3.63) is 71.3 Å². The van der Waals surface area contributed by atoms with Gasteiger partial charge in [0.1, 0.15) is 0 Å². The van der Waals surface area contributed by atoms with Crippen molar-refractivity contribution in [1.82, 2.24) is 0 Å². The molecule has 0 bridgehead atoms. The third-order valence-corrected chi connectivity index (χ3v) is 4.61. The van der Waals surface area contributed by atoms with Gasteiger partial charge in [-0.25, -0.2) is 0 Å². The highest BCUT2D eigenvalue weighted by molar-refractivity contribution is 5.40. The number of hydrogen-bond acceptors (Lipinski definition) is 0. The van der Waals surface area contributed by atoms with Crippen molar-refractivity contribution >= 4 is 0 Å². The highest BCUT2D eigenvalue weighted by Crippen LogP contribution is 2.42. The van der Waals surface area contributed by atoms with Gasteiger partial charge in [-0.15, -0.1) is 0 Å². The molecule has 21 heavy (non-hydrogen) atoms. The van der Waals surface area contributed by atoms with E-state index in [9.17, 15) is 0 Å². The first-order chi connectivity index (χ1) is 10.0. The summed E-state index contributed by atoms with van der Waals surface area (Å²) in [5.74, 6) is 1.37. The summed E-state index contributed by atoms with van der Waals surface area (Å²) in [6.45, 7) is 7.10. The smallest absolute Gasteiger partial charge is 0.00948 e. The Labute approximate surface area is 129 Å². The Morgan fingerprint density at radius 2 is 1.57 bits per heavy atom. The van der Waals surface area contributed by atoms with E-state index in [2.05, 4.69) is 75.4 Å². The van der Waals surface area contributed by atoms with Crippen LogP contribution in [0.3, 0.4) is 0 Å². The zero-order chi connectivity index (χ0) is 14.9. The minimum atomic E-state index is 0.415. The monoisotopic (exact) mass is 278 g/mol. The summed E-state index contributed by atoms with van der Waals surface area (Å²) in [6, 6.07) is 20.1. The standard InChI is InChI=1S/C21H26/c1-21(2,3)15-16-13-18-11-7-8-12-19(18)20(14-16)17-9-5-4-6-10-17/h4-12,16,20H,13-15H2,1-3H3. The Kier molecular flexibility index (Phi) is 3.89. The first-order valence-corrected chi connectivity index (χ1v) is 8.16. The first kappa shape index (κ1) is 14.4. The van der Waals surface area contributed by atoms with Gasteiger partial charge in [-0.2, -0.15) is 0 Å². The summed E-state index contributed by atoms with van der Waals surface area (Å²) in [6.07, 6.45) is 3.85. The van der Waals surface area contributed by atoms with E-state index in [1.807, 2.05) is 0 Å². The van der Waals surface area contributed by atoms with Gasteiger partial charge in [-0.1, -0.05) is 75.4 Å². The quantitative estimate of drug-likeness (QED) is 0.649. The lowest BCUT2D eigenvalue weighted by Crippen LogP contribution is -2.23. The van der Waals surface area contributed by atoms with Gasteiger partial charge in [0, 0.05) is 5.92 Å². The number of rotatable bonds is 2. The average Bonchev–Trinajstić information content (AvgIpc) is 2.45. The summed E-state index contributed by atoms with van der Waals surface area (Å²) >= 11 is 0. The molecule has 0 aliphatic heterocycles. The van der Waals surface area contributed by atoms with Crippen molar-refractivity contribution in [3.8, 4) is 0 Å². The molecule has 0 radical (unpaired) electrons. The van der Waals surface area contributed by atoms with Crippen LogP contribution in [0.15, 0.2) is 54.6 Å². The molecule has 2 aromatic rings. The van der Waals surface area contributed by atoms with Gasteiger partial charge >= 0.3 is 0 Å². The predicted octanol–water partition coefficient (Wildman–Crippen LogP) is 5.82. The van der Waals surface area contributed by atoms with Crippen LogP contribution >= 0.6 is 0 Å². The molecule has 2 unspecified atom stereocenters. The molecule has 0 fully saturated rings. The maximum atomic E-state index is 2.37. The van der Waals surface area contributed by atoms with E-state index in [1.165, 1.54) is 24.8 Å². The van der Waals surface area contributed by atoms with Crippen molar-refractivity contribution in [2.75, 3.05) is 0 Å². The van der Waals surface area contributed by atoms with Crippen LogP contribution in [0.2, 0.25) is 0 Å².